The smallest absolute Gasteiger partial charge is 0.233 e. The molecule has 21 heavy (non-hydrogen) atoms. The van der Waals surface area contributed by atoms with Gasteiger partial charge in [0, 0.05) is 24.5 Å². The summed E-state index contributed by atoms with van der Waals surface area (Å²) in [6.07, 6.45) is 5.43. The fourth-order valence-electron chi connectivity index (χ4n) is 2.37. The van der Waals surface area contributed by atoms with Gasteiger partial charge in [0.05, 0.1) is 23.5 Å². The maximum Gasteiger partial charge on any atom is 0.233 e. The minimum atomic E-state index is 0.0162. The summed E-state index contributed by atoms with van der Waals surface area (Å²) in [4.78, 5) is 23.0. The van der Waals surface area contributed by atoms with Crippen LogP contribution >= 0.6 is 0 Å². The molecule has 1 aliphatic heterocycles. The first-order chi connectivity index (χ1) is 10.3. The Bertz CT molecular complexity index is 707. The van der Waals surface area contributed by atoms with Crippen LogP contribution in [0.2, 0.25) is 0 Å². The summed E-state index contributed by atoms with van der Waals surface area (Å²) in [5.74, 6) is 0.0162. The van der Waals surface area contributed by atoms with Crippen molar-refractivity contribution in [1.82, 2.24) is 4.98 Å². The SMILES string of the molecule is C=CCN1C(=O)CC(c2cccnc2)=Nc2ccccc21. The van der Waals surface area contributed by atoms with Crippen molar-refractivity contribution in [3.8, 4) is 0 Å². The summed E-state index contributed by atoms with van der Waals surface area (Å²) in [6, 6.07) is 11.4. The molecule has 0 atom stereocenters. The van der Waals surface area contributed by atoms with Crippen LogP contribution in [0.15, 0.2) is 66.4 Å². The van der Waals surface area contributed by atoms with Crippen LogP contribution in [0.4, 0.5) is 11.4 Å². The molecule has 0 N–H and O–H groups in total. The molecule has 0 radical (unpaired) electrons. The summed E-state index contributed by atoms with van der Waals surface area (Å²) < 4.78 is 0. The van der Waals surface area contributed by atoms with E-state index in [4.69, 9.17) is 0 Å². The van der Waals surface area contributed by atoms with E-state index in [0.717, 1.165) is 22.6 Å². The second-order valence-corrected chi connectivity index (χ2v) is 4.76. The lowest BCUT2D eigenvalue weighted by atomic mass is 10.1. The van der Waals surface area contributed by atoms with Crippen molar-refractivity contribution in [2.45, 2.75) is 6.42 Å². The van der Waals surface area contributed by atoms with E-state index in [-0.39, 0.29) is 12.3 Å². The number of benzene rings is 1. The largest absolute Gasteiger partial charge is 0.306 e. The normalized spacial score (nSPS) is 14.2. The molecule has 0 unspecified atom stereocenters. The first kappa shape index (κ1) is 13.2. The number of fused-ring (bicyclic) bond motifs is 1. The zero-order chi connectivity index (χ0) is 14.7. The highest BCUT2D eigenvalue weighted by molar-refractivity contribution is 6.17. The second-order valence-electron chi connectivity index (χ2n) is 4.76. The molecule has 1 aliphatic rings. The van der Waals surface area contributed by atoms with Crippen molar-refractivity contribution >= 4 is 23.0 Å². The summed E-state index contributed by atoms with van der Waals surface area (Å²) in [7, 11) is 0. The molecule has 0 fully saturated rings. The Labute approximate surface area is 123 Å². The summed E-state index contributed by atoms with van der Waals surface area (Å²) in [5.41, 5.74) is 3.23. The number of carbonyl (C=O) groups excluding carboxylic acids is 1. The van der Waals surface area contributed by atoms with E-state index in [1.165, 1.54) is 0 Å². The van der Waals surface area contributed by atoms with Crippen LogP contribution in [0.5, 0.6) is 0 Å². The Kier molecular flexibility index (Phi) is 3.60. The lowest BCUT2D eigenvalue weighted by Crippen LogP contribution is -2.31. The Hall–Kier alpha value is -2.75. The highest BCUT2D eigenvalue weighted by atomic mass is 16.2. The van der Waals surface area contributed by atoms with Crippen LogP contribution in [-0.2, 0) is 4.79 Å². The fraction of sp³-hybridized carbons (Fsp3) is 0.118. The highest BCUT2D eigenvalue weighted by Gasteiger charge is 2.23. The molecule has 0 saturated carbocycles. The number of nitrogens with zero attached hydrogens (tertiary/aromatic N) is 3. The molecule has 2 aromatic rings. The van der Waals surface area contributed by atoms with Crippen LogP contribution in [-0.4, -0.2) is 23.1 Å². The van der Waals surface area contributed by atoms with Crippen molar-refractivity contribution < 1.29 is 4.79 Å². The van der Waals surface area contributed by atoms with E-state index >= 15 is 0 Å². The topological polar surface area (TPSA) is 45.6 Å². The van der Waals surface area contributed by atoms with Crippen molar-refractivity contribution in [3.05, 3.63) is 67.0 Å². The predicted molar refractivity (Wildman–Crippen MR) is 84.0 cm³/mol. The highest BCUT2D eigenvalue weighted by Crippen LogP contribution is 2.32. The first-order valence-electron chi connectivity index (χ1n) is 6.78. The number of anilines is 1. The number of hydrogen-bond donors (Lipinski definition) is 0. The maximum absolute atomic E-state index is 12.5. The number of aliphatic imine (C=N–C) groups is 1. The van der Waals surface area contributed by atoms with Gasteiger partial charge >= 0.3 is 0 Å². The van der Waals surface area contributed by atoms with E-state index in [1.54, 1.807) is 23.4 Å². The summed E-state index contributed by atoms with van der Waals surface area (Å²) in [6.45, 7) is 4.21. The molecule has 3 rings (SSSR count). The van der Waals surface area contributed by atoms with Gasteiger partial charge in [0.15, 0.2) is 0 Å². The zero-order valence-electron chi connectivity index (χ0n) is 11.6. The average molecular weight is 277 g/mol. The minimum Gasteiger partial charge on any atom is -0.306 e. The molecular formula is C17H15N3O. The number of para-hydroxylation sites is 2. The van der Waals surface area contributed by atoms with Crippen LogP contribution in [0, 0.1) is 0 Å². The van der Waals surface area contributed by atoms with Gasteiger partial charge in [-0.05, 0) is 18.2 Å². The zero-order valence-corrected chi connectivity index (χ0v) is 11.6. The molecule has 104 valence electrons. The van der Waals surface area contributed by atoms with Gasteiger partial charge in [-0.3, -0.25) is 14.8 Å². The number of aromatic nitrogens is 1. The third kappa shape index (κ3) is 2.60. The molecule has 1 amide bonds. The van der Waals surface area contributed by atoms with Gasteiger partial charge in [-0.15, -0.1) is 6.58 Å². The molecule has 1 aromatic heterocycles. The van der Waals surface area contributed by atoms with Gasteiger partial charge in [0.1, 0.15) is 0 Å². The summed E-state index contributed by atoms with van der Waals surface area (Å²) in [5, 5.41) is 0. The van der Waals surface area contributed by atoms with Crippen molar-refractivity contribution in [2.24, 2.45) is 4.99 Å². The van der Waals surface area contributed by atoms with Crippen molar-refractivity contribution in [3.63, 3.8) is 0 Å². The second kappa shape index (κ2) is 5.71. The number of hydrogen-bond acceptors (Lipinski definition) is 3. The molecule has 4 heteroatoms. The molecule has 4 nitrogen and oxygen atoms in total. The molecule has 0 aliphatic carbocycles. The summed E-state index contributed by atoms with van der Waals surface area (Å²) >= 11 is 0. The third-order valence-corrected chi connectivity index (χ3v) is 3.35. The fourth-order valence-corrected chi connectivity index (χ4v) is 2.37. The van der Waals surface area contributed by atoms with Crippen LogP contribution < -0.4 is 4.90 Å². The van der Waals surface area contributed by atoms with Gasteiger partial charge in [0.25, 0.3) is 0 Å². The van der Waals surface area contributed by atoms with E-state index in [1.807, 2.05) is 36.4 Å². The molecular weight excluding hydrogens is 262 g/mol. The van der Waals surface area contributed by atoms with E-state index in [0.29, 0.717) is 6.54 Å². The molecule has 1 aromatic carbocycles. The molecule has 0 bridgehead atoms. The minimum absolute atomic E-state index is 0.0162. The monoisotopic (exact) mass is 277 g/mol. The average Bonchev–Trinajstić information content (AvgIpc) is 2.66. The van der Waals surface area contributed by atoms with E-state index < -0.39 is 0 Å². The van der Waals surface area contributed by atoms with Gasteiger partial charge in [-0.1, -0.05) is 24.3 Å². The maximum atomic E-state index is 12.5. The lowest BCUT2D eigenvalue weighted by molar-refractivity contribution is -0.117. The Morgan fingerprint density at radius 1 is 1.24 bits per heavy atom. The first-order valence-corrected chi connectivity index (χ1v) is 6.78. The van der Waals surface area contributed by atoms with Crippen LogP contribution in [0.1, 0.15) is 12.0 Å². The predicted octanol–water partition coefficient (Wildman–Crippen LogP) is 3.13. The molecule has 2 heterocycles. The number of carbonyl (C=O) groups is 1. The standard InChI is InChI=1S/C17H15N3O/c1-2-10-20-16-8-4-3-7-14(16)19-15(11-17(20)21)13-6-5-9-18-12-13/h2-9,12H,1,10-11H2. The molecule has 0 spiro atoms. The quantitative estimate of drug-likeness (QED) is 0.809. The number of amides is 1. The Morgan fingerprint density at radius 2 is 2.10 bits per heavy atom. The Morgan fingerprint density at radius 3 is 2.86 bits per heavy atom. The lowest BCUT2D eigenvalue weighted by Gasteiger charge is -2.20. The van der Waals surface area contributed by atoms with Gasteiger partial charge in [0.2, 0.25) is 5.91 Å². The van der Waals surface area contributed by atoms with E-state index in [2.05, 4.69) is 16.6 Å². The number of rotatable bonds is 3. The number of pyridine rings is 1. The van der Waals surface area contributed by atoms with Gasteiger partial charge in [-0.2, -0.15) is 0 Å². The van der Waals surface area contributed by atoms with Gasteiger partial charge in [-0.25, -0.2) is 0 Å². The van der Waals surface area contributed by atoms with Crippen LogP contribution in [0.3, 0.4) is 0 Å². The Balaban J connectivity index is 2.10. The van der Waals surface area contributed by atoms with Crippen molar-refractivity contribution in [2.75, 3.05) is 11.4 Å². The van der Waals surface area contributed by atoms with E-state index in [9.17, 15) is 4.79 Å². The van der Waals surface area contributed by atoms with Crippen molar-refractivity contribution in [1.29, 1.82) is 0 Å². The third-order valence-electron chi connectivity index (χ3n) is 3.35. The van der Waals surface area contributed by atoms with Gasteiger partial charge < -0.3 is 4.90 Å². The van der Waals surface area contributed by atoms with Crippen LogP contribution in [0.25, 0.3) is 0 Å². The molecule has 0 saturated heterocycles.